The molecule has 0 aromatic carbocycles. The third-order valence-corrected chi connectivity index (χ3v) is 10.6. The van der Waals surface area contributed by atoms with Crippen molar-refractivity contribution in [3.8, 4) is 0 Å². The van der Waals surface area contributed by atoms with Crippen molar-refractivity contribution < 1.29 is 44.7 Å². The molecule has 41 heavy (non-hydrogen) atoms. The zero-order valence-electron chi connectivity index (χ0n) is 23.6. The number of hydrogen-bond acceptors (Lipinski definition) is 9. The maximum atomic E-state index is 14.1. The number of thioether (sulfide) groups is 1. The maximum Gasteiger partial charge on any atom is 0.365 e. The van der Waals surface area contributed by atoms with Crippen LogP contribution in [0.4, 0.5) is 0 Å². The van der Waals surface area contributed by atoms with Gasteiger partial charge in [-0.05, 0) is 50.4 Å². The van der Waals surface area contributed by atoms with Crippen LogP contribution >= 0.6 is 11.8 Å². The average Bonchev–Trinajstić information content (AvgIpc) is 3.46. The van der Waals surface area contributed by atoms with Crippen LogP contribution in [0.5, 0.6) is 0 Å². The van der Waals surface area contributed by atoms with E-state index in [4.69, 9.17) is 4.74 Å². The van der Waals surface area contributed by atoms with Gasteiger partial charge in [-0.3, -0.25) is 4.79 Å². The molecule has 0 aromatic rings. The Labute approximate surface area is 244 Å². The maximum absolute atomic E-state index is 14.1. The summed E-state index contributed by atoms with van der Waals surface area (Å²) in [4.78, 5) is 39.2. The molecule has 10 heteroatoms. The first-order valence-corrected chi connectivity index (χ1v) is 15.2. The summed E-state index contributed by atoms with van der Waals surface area (Å²) in [6.45, 7) is 5.73. The lowest BCUT2D eigenvalue weighted by Crippen LogP contribution is -2.52. The van der Waals surface area contributed by atoms with E-state index in [-0.39, 0.29) is 11.7 Å². The van der Waals surface area contributed by atoms with Crippen molar-refractivity contribution in [2.45, 2.75) is 75.6 Å². The van der Waals surface area contributed by atoms with Crippen LogP contribution in [0, 0.1) is 29.6 Å². The van der Waals surface area contributed by atoms with Gasteiger partial charge in [0.25, 0.3) is 5.79 Å². The quantitative estimate of drug-likeness (QED) is 0.139. The predicted octanol–water partition coefficient (Wildman–Crippen LogP) is 3.62. The Morgan fingerprint density at radius 1 is 1.05 bits per heavy atom. The van der Waals surface area contributed by atoms with E-state index >= 15 is 0 Å². The summed E-state index contributed by atoms with van der Waals surface area (Å²) in [7, 11) is 0. The number of carboxylic acids is 1. The Balaban J connectivity index is 1.80. The van der Waals surface area contributed by atoms with E-state index in [0.29, 0.717) is 32.1 Å². The fourth-order valence-electron chi connectivity index (χ4n) is 6.53. The molecular weight excluding hydrogens is 548 g/mol. The zero-order chi connectivity index (χ0) is 30.1. The minimum Gasteiger partial charge on any atom is -0.507 e. The molecule has 9 nitrogen and oxygen atoms in total. The monoisotopic (exact) mass is 588 g/mol. The summed E-state index contributed by atoms with van der Waals surface area (Å²) in [5, 5.41) is 51.3. The van der Waals surface area contributed by atoms with Gasteiger partial charge in [-0.1, -0.05) is 62.0 Å². The number of aliphatic hydroxyl groups excluding tert-OH is 2. The molecule has 1 fully saturated rings. The van der Waals surface area contributed by atoms with E-state index in [1.54, 1.807) is 6.92 Å². The molecule has 8 atom stereocenters. The zero-order valence-corrected chi connectivity index (χ0v) is 24.4. The third kappa shape index (κ3) is 5.98. The molecule has 2 bridgehead atoms. The Bertz CT molecular complexity index is 1210. The van der Waals surface area contributed by atoms with Crippen molar-refractivity contribution in [1.82, 2.24) is 0 Å². The van der Waals surface area contributed by atoms with Crippen molar-refractivity contribution in [3.05, 3.63) is 59.4 Å². The molecule has 0 radical (unpaired) electrons. The number of rotatable bonds is 2. The molecule has 2 aliphatic heterocycles. The number of carbonyl (C=O) groups excluding carboxylic acids is 2. The summed E-state index contributed by atoms with van der Waals surface area (Å²) < 4.78 is 5.90. The summed E-state index contributed by atoms with van der Waals surface area (Å²) in [6, 6.07) is 0. The molecule has 224 valence electrons. The smallest absolute Gasteiger partial charge is 0.365 e. The Hall–Kier alpha value is -2.66. The van der Waals surface area contributed by atoms with Crippen LogP contribution in [-0.4, -0.2) is 71.7 Å². The number of hydrogen-bond donors (Lipinski definition) is 5. The van der Waals surface area contributed by atoms with Gasteiger partial charge in [-0.25, -0.2) is 9.59 Å². The number of fused-ring (bicyclic) bond motifs is 1. The lowest BCUT2D eigenvalue weighted by atomic mass is 9.69. The van der Waals surface area contributed by atoms with Gasteiger partial charge in [0.1, 0.15) is 5.57 Å². The molecule has 1 saturated heterocycles. The van der Waals surface area contributed by atoms with E-state index < -0.39 is 75.5 Å². The number of aliphatic carboxylic acids is 1. The van der Waals surface area contributed by atoms with Gasteiger partial charge in [0.05, 0.1) is 11.4 Å². The lowest BCUT2D eigenvalue weighted by molar-refractivity contribution is -0.207. The van der Waals surface area contributed by atoms with E-state index in [2.05, 4.69) is 0 Å². The summed E-state index contributed by atoms with van der Waals surface area (Å²) in [5.74, 6) is -9.53. The highest BCUT2D eigenvalue weighted by Crippen LogP contribution is 2.52. The van der Waals surface area contributed by atoms with Crippen LogP contribution in [0.1, 0.15) is 52.9 Å². The van der Waals surface area contributed by atoms with Crippen LogP contribution in [0.3, 0.4) is 0 Å². The number of esters is 1. The standard InChI is InChI=1S/C31H40O9S/c1-17-10-8-9-13-21(32)12-7-5-4-6-11-20-14-18(2)19(3)15-30(20)26(34)24(28(35)40-30)25(33)22-16-41-27(23(17)22)31(38,39)29(36)37/h4-9,14,17,19-23,27,32,34,38-39H,10-13,15-16H2,1-3H3,(H,36,37)/b6-4+,7-5-,9-8+/t17?,19?,20?,21?,22-,23-,27+,30?/m1/s1. The molecule has 4 aliphatic rings. The second-order valence-electron chi connectivity index (χ2n) is 11.9. The van der Waals surface area contributed by atoms with Gasteiger partial charge in [-0.2, -0.15) is 11.8 Å². The number of aliphatic hydroxyl groups is 4. The minimum absolute atomic E-state index is 0.0199. The van der Waals surface area contributed by atoms with Gasteiger partial charge in [0, 0.05) is 24.0 Å². The summed E-state index contributed by atoms with van der Waals surface area (Å²) in [6.07, 6.45) is 14.4. The number of Topliss-reactive ketones (excluding diaryl/α,β-unsaturated/α-hetero) is 1. The normalized spacial score (nSPS) is 39.4. The van der Waals surface area contributed by atoms with Crippen LogP contribution in [0.25, 0.3) is 0 Å². The minimum atomic E-state index is -3.10. The Morgan fingerprint density at radius 2 is 1.68 bits per heavy atom. The van der Waals surface area contributed by atoms with Crippen molar-refractivity contribution in [2.24, 2.45) is 29.6 Å². The summed E-state index contributed by atoms with van der Waals surface area (Å²) in [5.41, 5.74) is -0.764. The first-order valence-electron chi connectivity index (χ1n) is 14.1. The molecule has 2 aliphatic carbocycles. The van der Waals surface area contributed by atoms with E-state index in [9.17, 15) is 39.9 Å². The van der Waals surface area contributed by atoms with Crippen molar-refractivity contribution in [1.29, 1.82) is 0 Å². The Morgan fingerprint density at radius 3 is 2.37 bits per heavy atom. The lowest BCUT2D eigenvalue weighted by Gasteiger charge is -2.40. The summed E-state index contributed by atoms with van der Waals surface area (Å²) >= 11 is 0.958. The van der Waals surface area contributed by atoms with E-state index in [1.165, 1.54) is 0 Å². The topological polar surface area (TPSA) is 162 Å². The van der Waals surface area contributed by atoms with E-state index in [0.717, 1.165) is 17.3 Å². The number of allylic oxidation sites excluding steroid dienone is 5. The molecular formula is C31H40O9S. The number of ketones is 1. The van der Waals surface area contributed by atoms with Crippen LogP contribution < -0.4 is 0 Å². The van der Waals surface area contributed by atoms with Gasteiger partial charge in [0.15, 0.2) is 17.1 Å². The first kappa shape index (κ1) is 31.3. The van der Waals surface area contributed by atoms with Crippen LogP contribution in [0.15, 0.2) is 59.4 Å². The highest BCUT2D eigenvalue weighted by Gasteiger charge is 2.60. The van der Waals surface area contributed by atoms with Crippen molar-refractivity contribution >= 4 is 29.5 Å². The first-order chi connectivity index (χ1) is 19.3. The molecule has 5 N–H and O–H groups in total. The number of carboxylic acid groups (broad SMARTS) is 1. The molecule has 0 saturated carbocycles. The molecule has 0 aromatic heterocycles. The van der Waals surface area contributed by atoms with Gasteiger partial charge in [0.2, 0.25) is 0 Å². The SMILES string of the molecule is CC1=CC2C/C=C/C=C\CC(O)C/C=C/CC(C)[C@@H]3[C@@H](CS[C@@H]3C(O)(O)C(=O)O)C(=O)C3=C(O)C2(CC1C)OC3=O. The molecule has 4 rings (SSSR count). The molecule has 2 heterocycles. The Kier molecular flexibility index (Phi) is 9.38. The molecule has 1 spiro atoms. The highest BCUT2D eigenvalue weighted by atomic mass is 32.2. The second-order valence-corrected chi connectivity index (χ2v) is 13.0. The highest BCUT2D eigenvalue weighted by molar-refractivity contribution is 8.00. The molecule has 0 amide bonds. The van der Waals surface area contributed by atoms with E-state index in [1.807, 2.05) is 56.4 Å². The third-order valence-electron chi connectivity index (χ3n) is 9.05. The number of carbonyl (C=O) groups is 3. The fourth-order valence-corrected chi connectivity index (χ4v) is 8.34. The van der Waals surface area contributed by atoms with Crippen molar-refractivity contribution in [3.63, 3.8) is 0 Å². The fraction of sp³-hybridized carbons (Fsp3) is 0.581. The van der Waals surface area contributed by atoms with Crippen molar-refractivity contribution in [2.75, 3.05) is 5.75 Å². The van der Waals surface area contributed by atoms with Gasteiger partial charge >= 0.3 is 11.9 Å². The molecule has 5 unspecified atom stereocenters. The van der Waals surface area contributed by atoms with Gasteiger partial charge < -0.3 is 30.3 Å². The average molecular weight is 589 g/mol. The van der Waals surface area contributed by atoms with Gasteiger partial charge in [-0.15, -0.1) is 0 Å². The predicted molar refractivity (Wildman–Crippen MR) is 154 cm³/mol. The van der Waals surface area contributed by atoms with Crippen LogP contribution in [-0.2, 0) is 19.1 Å². The second kappa shape index (κ2) is 12.3. The van der Waals surface area contributed by atoms with Crippen LogP contribution in [0.2, 0.25) is 0 Å². The largest absolute Gasteiger partial charge is 0.507 e. The number of ether oxygens (including phenoxy) is 1.